The summed E-state index contributed by atoms with van der Waals surface area (Å²) in [6.07, 6.45) is 0.151. The summed E-state index contributed by atoms with van der Waals surface area (Å²) in [4.78, 5) is 24.9. The second-order valence-corrected chi connectivity index (χ2v) is 7.09. The van der Waals surface area contributed by atoms with Gasteiger partial charge in [0.05, 0.1) is 27.8 Å². The summed E-state index contributed by atoms with van der Waals surface area (Å²) in [5.41, 5.74) is 6.17. The molecule has 166 valence electrons. The van der Waals surface area contributed by atoms with Crippen molar-refractivity contribution in [2.45, 2.75) is 6.42 Å². The molecule has 2 amide bonds. The number of carbonyl (C=O) groups excluding carboxylic acids is 2. The summed E-state index contributed by atoms with van der Waals surface area (Å²) in [5.74, 6) is 0.224. The molecule has 8 nitrogen and oxygen atoms in total. The van der Waals surface area contributed by atoms with Crippen LogP contribution in [0.15, 0.2) is 54.6 Å². The van der Waals surface area contributed by atoms with Crippen LogP contribution in [-0.2, 0) is 11.2 Å². The Morgan fingerprint density at radius 1 is 0.875 bits per heavy atom. The third-order valence-corrected chi connectivity index (χ3v) is 4.90. The molecule has 0 aliphatic heterocycles. The lowest BCUT2D eigenvalue weighted by Crippen LogP contribution is -2.48. The molecule has 0 saturated heterocycles. The Bertz CT molecular complexity index is 1140. The summed E-state index contributed by atoms with van der Waals surface area (Å²) in [6, 6.07) is 16.6. The number of benzene rings is 3. The highest BCUT2D eigenvalue weighted by molar-refractivity contribution is 7.80. The largest absolute Gasteiger partial charge is 0.493 e. The Labute approximate surface area is 190 Å². The van der Waals surface area contributed by atoms with Crippen LogP contribution in [0.2, 0.25) is 0 Å². The van der Waals surface area contributed by atoms with Crippen LogP contribution in [0.3, 0.4) is 0 Å². The van der Waals surface area contributed by atoms with E-state index >= 15 is 0 Å². The fraction of sp³-hybridized carbons (Fsp3) is 0.174. The highest BCUT2D eigenvalue weighted by Crippen LogP contribution is 2.38. The van der Waals surface area contributed by atoms with Crippen LogP contribution in [0.25, 0.3) is 10.8 Å². The van der Waals surface area contributed by atoms with E-state index < -0.39 is 5.91 Å². The lowest BCUT2D eigenvalue weighted by Gasteiger charge is -2.15. The second kappa shape index (κ2) is 10.5. The van der Waals surface area contributed by atoms with E-state index in [0.717, 1.165) is 16.3 Å². The van der Waals surface area contributed by atoms with Crippen LogP contribution in [0.1, 0.15) is 15.9 Å². The first-order valence-corrected chi connectivity index (χ1v) is 10.0. The maximum atomic E-state index is 12.6. The van der Waals surface area contributed by atoms with E-state index in [0.29, 0.717) is 17.2 Å². The molecule has 0 heterocycles. The van der Waals surface area contributed by atoms with Gasteiger partial charge in [-0.25, -0.2) is 0 Å². The molecule has 0 saturated carbocycles. The van der Waals surface area contributed by atoms with Crippen molar-refractivity contribution in [1.29, 1.82) is 0 Å². The Hall–Kier alpha value is -3.85. The summed E-state index contributed by atoms with van der Waals surface area (Å²) in [7, 11) is 4.38. The molecular formula is C23H23N3O5S. The Balaban J connectivity index is 1.60. The molecule has 0 aromatic heterocycles. The van der Waals surface area contributed by atoms with Crippen LogP contribution < -0.4 is 30.4 Å². The first kappa shape index (κ1) is 22.8. The fourth-order valence-electron chi connectivity index (χ4n) is 3.21. The minimum absolute atomic E-state index is 0.0602. The normalized spacial score (nSPS) is 10.2. The van der Waals surface area contributed by atoms with Crippen molar-refractivity contribution in [3.63, 3.8) is 0 Å². The summed E-state index contributed by atoms with van der Waals surface area (Å²) in [6.45, 7) is 0. The van der Waals surface area contributed by atoms with E-state index in [4.69, 9.17) is 26.4 Å². The number of hydrogen-bond donors (Lipinski definition) is 3. The molecule has 3 aromatic rings. The molecule has 3 rings (SSSR count). The molecule has 0 bridgehead atoms. The number of methoxy groups -OCH3 is 3. The zero-order valence-electron chi connectivity index (χ0n) is 17.9. The van der Waals surface area contributed by atoms with Gasteiger partial charge in [-0.3, -0.25) is 25.8 Å². The number of nitrogens with one attached hydrogen (secondary N) is 3. The van der Waals surface area contributed by atoms with Gasteiger partial charge in [0.15, 0.2) is 16.6 Å². The van der Waals surface area contributed by atoms with Crippen LogP contribution in [0.4, 0.5) is 0 Å². The van der Waals surface area contributed by atoms with Gasteiger partial charge in [0.2, 0.25) is 11.7 Å². The highest BCUT2D eigenvalue weighted by Gasteiger charge is 2.18. The first-order chi connectivity index (χ1) is 15.5. The van der Waals surface area contributed by atoms with Crippen LogP contribution in [-0.4, -0.2) is 38.3 Å². The molecule has 0 fully saturated rings. The van der Waals surface area contributed by atoms with E-state index in [1.54, 1.807) is 0 Å². The number of carbonyl (C=O) groups is 2. The second-order valence-electron chi connectivity index (χ2n) is 6.69. The third-order valence-electron chi connectivity index (χ3n) is 4.70. The van der Waals surface area contributed by atoms with Crippen LogP contribution in [0, 0.1) is 0 Å². The highest BCUT2D eigenvalue weighted by atomic mass is 32.1. The topological polar surface area (TPSA) is 97.9 Å². The number of rotatable bonds is 6. The van der Waals surface area contributed by atoms with E-state index in [2.05, 4.69) is 16.2 Å². The average Bonchev–Trinajstić information content (AvgIpc) is 2.81. The minimum atomic E-state index is -0.509. The number of ether oxygens (including phenoxy) is 3. The van der Waals surface area contributed by atoms with Gasteiger partial charge in [0, 0.05) is 5.56 Å². The van der Waals surface area contributed by atoms with Crippen molar-refractivity contribution >= 4 is 39.9 Å². The van der Waals surface area contributed by atoms with Crippen molar-refractivity contribution in [3.8, 4) is 17.2 Å². The lowest BCUT2D eigenvalue weighted by molar-refractivity contribution is -0.121. The van der Waals surface area contributed by atoms with Gasteiger partial charge in [0.25, 0.3) is 5.91 Å². The Kier molecular flexibility index (Phi) is 7.45. The molecule has 0 aliphatic carbocycles. The number of thiocarbonyl (C=S) groups is 1. The Morgan fingerprint density at radius 3 is 2.19 bits per heavy atom. The van der Waals surface area contributed by atoms with Crippen molar-refractivity contribution in [2.24, 2.45) is 0 Å². The molecule has 3 N–H and O–H groups in total. The van der Waals surface area contributed by atoms with E-state index in [1.165, 1.54) is 33.5 Å². The van der Waals surface area contributed by atoms with Gasteiger partial charge in [-0.05, 0) is 40.7 Å². The van der Waals surface area contributed by atoms with Gasteiger partial charge < -0.3 is 14.2 Å². The van der Waals surface area contributed by atoms with Crippen molar-refractivity contribution < 1.29 is 23.8 Å². The predicted octanol–water partition coefficient (Wildman–Crippen LogP) is 2.74. The minimum Gasteiger partial charge on any atom is -0.493 e. The number of amides is 2. The van der Waals surface area contributed by atoms with Gasteiger partial charge >= 0.3 is 0 Å². The first-order valence-electron chi connectivity index (χ1n) is 9.63. The molecule has 0 unspecified atom stereocenters. The molecule has 32 heavy (non-hydrogen) atoms. The summed E-state index contributed by atoms with van der Waals surface area (Å²) in [5, 5.41) is 4.50. The summed E-state index contributed by atoms with van der Waals surface area (Å²) < 4.78 is 15.7. The van der Waals surface area contributed by atoms with E-state index in [9.17, 15) is 9.59 Å². The van der Waals surface area contributed by atoms with Gasteiger partial charge in [-0.2, -0.15) is 0 Å². The summed E-state index contributed by atoms with van der Waals surface area (Å²) >= 11 is 5.12. The molecule has 0 atom stereocenters. The van der Waals surface area contributed by atoms with Gasteiger partial charge in [0.1, 0.15) is 0 Å². The predicted molar refractivity (Wildman–Crippen MR) is 125 cm³/mol. The number of hydrogen-bond acceptors (Lipinski definition) is 6. The molecule has 3 aromatic carbocycles. The lowest BCUT2D eigenvalue weighted by atomic mass is 10.0. The monoisotopic (exact) mass is 453 g/mol. The number of fused-ring (bicyclic) bond motifs is 1. The maximum Gasteiger partial charge on any atom is 0.257 e. The van der Waals surface area contributed by atoms with Crippen molar-refractivity contribution in [3.05, 3.63) is 65.7 Å². The third kappa shape index (κ3) is 5.25. The molecular weight excluding hydrogens is 430 g/mol. The Morgan fingerprint density at radius 2 is 1.53 bits per heavy atom. The number of hydrazine groups is 1. The zero-order valence-corrected chi connectivity index (χ0v) is 18.7. The van der Waals surface area contributed by atoms with E-state index in [-0.39, 0.29) is 23.0 Å². The molecule has 0 aliphatic rings. The molecule has 0 radical (unpaired) electrons. The molecule has 0 spiro atoms. The average molecular weight is 454 g/mol. The zero-order chi connectivity index (χ0) is 23.1. The maximum absolute atomic E-state index is 12.6. The standard InChI is InChI=1S/C23H23N3O5S/c1-29-18-11-16(12-19(30-2)21(18)31-3)22(28)24-23(32)26-25-20(27)13-15-9-6-8-14-7-4-5-10-17(14)15/h4-12H,13H2,1-3H3,(H,25,27)(H2,24,26,28,32). The fourth-order valence-corrected chi connectivity index (χ4v) is 3.35. The van der Waals surface area contributed by atoms with Gasteiger partial charge in [-0.1, -0.05) is 42.5 Å². The van der Waals surface area contributed by atoms with Crippen molar-refractivity contribution in [1.82, 2.24) is 16.2 Å². The van der Waals surface area contributed by atoms with Gasteiger partial charge in [-0.15, -0.1) is 0 Å². The van der Waals surface area contributed by atoms with E-state index in [1.807, 2.05) is 42.5 Å². The SMILES string of the molecule is COc1cc(C(=O)NC(=S)NNC(=O)Cc2cccc3ccccc23)cc(OC)c1OC. The molecule has 9 heteroatoms. The van der Waals surface area contributed by atoms with Crippen LogP contribution >= 0.6 is 12.2 Å². The van der Waals surface area contributed by atoms with Crippen molar-refractivity contribution in [2.75, 3.05) is 21.3 Å². The quantitative estimate of drug-likeness (QED) is 0.390. The van der Waals surface area contributed by atoms with Crippen LogP contribution in [0.5, 0.6) is 17.2 Å². The smallest absolute Gasteiger partial charge is 0.257 e.